The molecule has 0 bridgehead atoms. The number of amides is 1. The van der Waals surface area contributed by atoms with E-state index in [0.29, 0.717) is 12.7 Å². The second-order valence-electron chi connectivity index (χ2n) is 7.21. The standard InChI is InChI=1S/C15H21NOS.C7H13NO2/c1-3-5-6-8-12(4-2)17-13-9-7-10-14-15(13)16-11-18-14;1-6(9)8-7-3-2-4-10-5-7/h7,9-12H,3-6,8H2,1-2H3;7H,2-5H2,1H3,(H,8,9). The molecule has 0 spiro atoms. The first kappa shape index (κ1) is 22.6. The molecule has 2 heterocycles. The molecule has 2 atom stereocenters. The number of ether oxygens (including phenoxy) is 2. The van der Waals surface area contributed by atoms with Crippen LogP contribution in [0.15, 0.2) is 23.7 Å². The first-order chi connectivity index (χ1) is 13.6. The molecule has 1 N–H and O–H groups in total. The Morgan fingerprint density at radius 1 is 1.39 bits per heavy atom. The van der Waals surface area contributed by atoms with Crippen LogP contribution in [-0.4, -0.2) is 36.3 Å². The molecule has 1 saturated heterocycles. The Morgan fingerprint density at radius 3 is 2.93 bits per heavy atom. The van der Waals surface area contributed by atoms with E-state index in [4.69, 9.17) is 9.47 Å². The number of carbonyl (C=O) groups excluding carboxylic acids is 1. The zero-order valence-electron chi connectivity index (χ0n) is 17.4. The molecule has 6 heteroatoms. The van der Waals surface area contributed by atoms with Crippen molar-refractivity contribution in [3.8, 4) is 5.75 Å². The van der Waals surface area contributed by atoms with Gasteiger partial charge in [0.05, 0.1) is 29.0 Å². The highest BCUT2D eigenvalue weighted by Gasteiger charge is 2.13. The summed E-state index contributed by atoms with van der Waals surface area (Å²) >= 11 is 1.67. The number of nitrogens with one attached hydrogen (secondary N) is 1. The lowest BCUT2D eigenvalue weighted by Crippen LogP contribution is -2.39. The van der Waals surface area contributed by atoms with Crippen LogP contribution in [0, 0.1) is 0 Å². The van der Waals surface area contributed by atoms with Crippen molar-refractivity contribution in [1.29, 1.82) is 0 Å². The number of unbranched alkanes of at least 4 members (excludes halogenated alkanes) is 2. The number of benzene rings is 1. The van der Waals surface area contributed by atoms with E-state index in [1.54, 1.807) is 11.3 Å². The Morgan fingerprint density at radius 2 is 2.25 bits per heavy atom. The normalized spacial score (nSPS) is 17.5. The smallest absolute Gasteiger partial charge is 0.217 e. The number of aromatic nitrogens is 1. The molecule has 1 aromatic carbocycles. The van der Waals surface area contributed by atoms with Gasteiger partial charge >= 0.3 is 0 Å². The first-order valence-corrected chi connectivity index (χ1v) is 11.4. The molecule has 1 aliphatic heterocycles. The van der Waals surface area contributed by atoms with Crippen LogP contribution in [0.2, 0.25) is 0 Å². The van der Waals surface area contributed by atoms with E-state index in [-0.39, 0.29) is 11.9 Å². The van der Waals surface area contributed by atoms with Crippen LogP contribution in [-0.2, 0) is 9.53 Å². The average Bonchev–Trinajstić information content (AvgIpc) is 3.18. The van der Waals surface area contributed by atoms with Gasteiger partial charge in [0, 0.05) is 13.5 Å². The van der Waals surface area contributed by atoms with Crippen molar-refractivity contribution < 1.29 is 14.3 Å². The lowest BCUT2D eigenvalue weighted by molar-refractivity contribution is -0.120. The van der Waals surface area contributed by atoms with Gasteiger partial charge in [0.2, 0.25) is 5.91 Å². The maximum absolute atomic E-state index is 10.5. The second-order valence-corrected chi connectivity index (χ2v) is 8.10. The van der Waals surface area contributed by atoms with Gasteiger partial charge in [0.1, 0.15) is 11.3 Å². The number of nitrogens with zero attached hydrogens (tertiary/aromatic N) is 1. The molecule has 3 rings (SSSR count). The summed E-state index contributed by atoms with van der Waals surface area (Å²) in [5, 5.41) is 2.82. The van der Waals surface area contributed by atoms with Gasteiger partial charge in [0.25, 0.3) is 0 Å². The third kappa shape index (κ3) is 7.76. The molecule has 2 aromatic rings. The molecule has 28 heavy (non-hydrogen) atoms. The lowest BCUT2D eigenvalue weighted by atomic mass is 10.1. The van der Waals surface area contributed by atoms with Crippen LogP contribution in [0.1, 0.15) is 65.7 Å². The van der Waals surface area contributed by atoms with Crippen molar-refractivity contribution >= 4 is 27.5 Å². The zero-order chi connectivity index (χ0) is 20.2. The fourth-order valence-electron chi connectivity index (χ4n) is 3.25. The molecular weight excluding hydrogens is 372 g/mol. The highest BCUT2D eigenvalue weighted by Crippen LogP contribution is 2.28. The number of fused-ring (bicyclic) bond motifs is 1. The topological polar surface area (TPSA) is 60.5 Å². The summed E-state index contributed by atoms with van der Waals surface area (Å²) in [5.41, 5.74) is 2.90. The summed E-state index contributed by atoms with van der Waals surface area (Å²) in [6.45, 7) is 7.49. The van der Waals surface area contributed by atoms with E-state index in [1.165, 1.54) is 30.9 Å². The van der Waals surface area contributed by atoms with E-state index < -0.39 is 0 Å². The minimum Gasteiger partial charge on any atom is -0.488 e. The van der Waals surface area contributed by atoms with E-state index in [0.717, 1.165) is 43.6 Å². The first-order valence-electron chi connectivity index (χ1n) is 10.5. The Hall–Kier alpha value is -1.66. The number of para-hydroxylation sites is 1. The molecule has 156 valence electrons. The molecule has 5 nitrogen and oxygen atoms in total. The van der Waals surface area contributed by atoms with Gasteiger partial charge in [0.15, 0.2) is 0 Å². The largest absolute Gasteiger partial charge is 0.488 e. The average molecular weight is 407 g/mol. The van der Waals surface area contributed by atoms with Crippen molar-refractivity contribution in [3.63, 3.8) is 0 Å². The fraction of sp³-hybridized carbons (Fsp3) is 0.636. The highest BCUT2D eigenvalue weighted by molar-refractivity contribution is 7.16. The van der Waals surface area contributed by atoms with Crippen LogP contribution in [0.5, 0.6) is 5.75 Å². The Balaban J connectivity index is 0.000000237. The summed E-state index contributed by atoms with van der Waals surface area (Å²) in [6, 6.07) is 6.43. The van der Waals surface area contributed by atoms with Gasteiger partial charge in [-0.25, -0.2) is 4.98 Å². The molecular formula is C22H34N2O3S. The minimum absolute atomic E-state index is 0.0375. The maximum Gasteiger partial charge on any atom is 0.217 e. The summed E-state index contributed by atoms with van der Waals surface area (Å²) in [5.74, 6) is 0.979. The van der Waals surface area contributed by atoms with Gasteiger partial charge in [-0.05, 0) is 44.2 Å². The Labute approximate surface area is 172 Å². The van der Waals surface area contributed by atoms with Crippen molar-refractivity contribution in [2.24, 2.45) is 0 Å². The molecule has 0 aliphatic carbocycles. The summed E-state index contributed by atoms with van der Waals surface area (Å²) < 4.78 is 12.5. The molecule has 1 amide bonds. The van der Waals surface area contributed by atoms with Crippen LogP contribution in [0.25, 0.3) is 10.2 Å². The number of hydrogen-bond donors (Lipinski definition) is 1. The van der Waals surface area contributed by atoms with Gasteiger partial charge in [-0.15, -0.1) is 11.3 Å². The molecule has 1 aliphatic rings. The Kier molecular flexibility index (Phi) is 10.3. The third-order valence-electron chi connectivity index (χ3n) is 4.77. The summed E-state index contributed by atoms with van der Waals surface area (Å²) in [4.78, 5) is 14.9. The van der Waals surface area contributed by atoms with Gasteiger partial charge in [-0.2, -0.15) is 0 Å². The quantitative estimate of drug-likeness (QED) is 0.602. The molecule has 0 saturated carbocycles. The predicted molar refractivity (Wildman–Crippen MR) is 116 cm³/mol. The Bertz CT molecular complexity index is 698. The van der Waals surface area contributed by atoms with E-state index >= 15 is 0 Å². The van der Waals surface area contributed by atoms with Gasteiger partial charge in [-0.3, -0.25) is 4.79 Å². The van der Waals surface area contributed by atoms with Gasteiger partial charge in [-0.1, -0.05) is 32.8 Å². The lowest BCUT2D eigenvalue weighted by Gasteiger charge is -2.22. The predicted octanol–water partition coefficient (Wildman–Crippen LogP) is 5.34. The van der Waals surface area contributed by atoms with Crippen molar-refractivity contribution in [2.45, 2.75) is 77.9 Å². The van der Waals surface area contributed by atoms with Crippen LogP contribution >= 0.6 is 11.3 Å². The maximum atomic E-state index is 10.5. The summed E-state index contributed by atoms with van der Waals surface area (Å²) in [6.07, 6.45) is 8.45. The van der Waals surface area contributed by atoms with E-state index in [9.17, 15) is 4.79 Å². The zero-order valence-corrected chi connectivity index (χ0v) is 18.2. The number of rotatable bonds is 8. The van der Waals surface area contributed by atoms with Crippen LogP contribution in [0.4, 0.5) is 0 Å². The molecule has 2 unspecified atom stereocenters. The number of carbonyl (C=O) groups is 1. The van der Waals surface area contributed by atoms with E-state index in [1.807, 2.05) is 11.6 Å². The minimum atomic E-state index is 0.0375. The third-order valence-corrected chi connectivity index (χ3v) is 5.56. The van der Waals surface area contributed by atoms with Crippen LogP contribution in [0.3, 0.4) is 0 Å². The van der Waals surface area contributed by atoms with E-state index in [2.05, 4.69) is 36.3 Å². The SMILES string of the molecule is CC(=O)NC1CCCOC1.CCCCCC(CC)Oc1cccc2scnc12. The van der Waals surface area contributed by atoms with Crippen molar-refractivity contribution in [2.75, 3.05) is 13.2 Å². The monoisotopic (exact) mass is 406 g/mol. The molecule has 1 aromatic heterocycles. The summed E-state index contributed by atoms with van der Waals surface area (Å²) in [7, 11) is 0. The van der Waals surface area contributed by atoms with Crippen molar-refractivity contribution in [3.05, 3.63) is 23.7 Å². The molecule has 0 radical (unpaired) electrons. The van der Waals surface area contributed by atoms with Crippen LogP contribution < -0.4 is 10.1 Å². The second kappa shape index (κ2) is 12.7. The molecule has 1 fully saturated rings. The fourth-order valence-corrected chi connectivity index (χ4v) is 3.94. The van der Waals surface area contributed by atoms with Crippen molar-refractivity contribution in [1.82, 2.24) is 10.3 Å². The number of hydrogen-bond acceptors (Lipinski definition) is 5. The highest BCUT2D eigenvalue weighted by atomic mass is 32.1. The number of thiazole rings is 1. The van der Waals surface area contributed by atoms with Gasteiger partial charge < -0.3 is 14.8 Å².